The van der Waals surface area contributed by atoms with Crippen LogP contribution in [-0.4, -0.2) is 45.9 Å². The number of hydrogen-bond acceptors (Lipinski definition) is 5. The lowest BCUT2D eigenvalue weighted by Crippen LogP contribution is -2.54. The Bertz CT molecular complexity index is 1830. The Hall–Kier alpha value is -3.57. The van der Waals surface area contributed by atoms with Crippen molar-refractivity contribution in [3.05, 3.63) is 113 Å². The van der Waals surface area contributed by atoms with Gasteiger partial charge in [-0.15, -0.1) is 0 Å². The minimum atomic E-state index is -4.15. The highest BCUT2D eigenvalue weighted by molar-refractivity contribution is 7.90. The van der Waals surface area contributed by atoms with Gasteiger partial charge in [0.25, 0.3) is 0 Å². The van der Waals surface area contributed by atoms with Crippen molar-refractivity contribution >= 4 is 43.1 Å². The molecule has 1 atom stereocenters. The van der Waals surface area contributed by atoms with Gasteiger partial charge in [0.1, 0.15) is 11.9 Å². The van der Waals surface area contributed by atoms with Gasteiger partial charge in [-0.1, -0.05) is 66.2 Å². The van der Waals surface area contributed by atoms with E-state index in [4.69, 9.17) is 11.6 Å². The molecule has 0 bridgehead atoms. The number of carbonyl (C=O) groups is 1. The zero-order valence-electron chi connectivity index (χ0n) is 22.7. The van der Waals surface area contributed by atoms with Gasteiger partial charge in [0.15, 0.2) is 9.84 Å². The van der Waals surface area contributed by atoms with E-state index in [0.717, 1.165) is 6.26 Å². The summed E-state index contributed by atoms with van der Waals surface area (Å²) < 4.78 is 69.2. The molecule has 1 fully saturated rings. The van der Waals surface area contributed by atoms with E-state index in [2.05, 4.69) is 0 Å². The monoisotopic (exact) mass is 626 g/mol. The standard InChI is InChI=1S/C31H28ClFN2O5S2/c1-41(37,38)30-12-6-5-10-26(30)23-13-18-28(27(33)20-23)34-19-7-11-29(31(34)36)35(21-22-8-3-2-4-9-22)42(39,40)25-16-14-24(32)15-17-25/h2-6,8-10,12-18,20,29H,7,11,19,21H2,1H3. The lowest BCUT2D eigenvalue weighted by Gasteiger charge is -2.38. The van der Waals surface area contributed by atoms with Gasteiger partial charge in [0, 0.05) is 29.9 Å². The highest BCUT2D eigenvalue weighted by atomic mass is 35.5. The number of amides is 1. The van der Waals surface area contributed by atoms with Gasteiger partial charge >= 0.3 is 0 Å². The summed E-state index contributed by atoms with van der Waals surface area (Å²) in [6.07, 6.45) is 1.79. The molecule has 1 amide bonds. The zero-order valence-corrected chi connectivity index (χ0v) is 25.0. The molecule has 4 aromatic carbocycles. The van der Waals surface area contributed by atoms with Crippen LogP contribution < -0.4 is 4.90 Å². The summed E-state index contributed by atoms with van der Waals surface area (Å²) in [5.74, 6) is -1.27. The normalized spacial score (nSPS) is 16.1. The Kier molecular flexibility index (Phi) is 8.52. The maximum atomic E-state index is 15.6. The molecule has 42 heavy (non-hydrogen) atoms. The molecule has 5 rings (SSSR count). The van der Waals surface area contributed by atoms with Crippen LogP contribution in [0.1, 0.15) is 18.4 Å². The number of hydrogen-bond donors (Lipinski definition) is 0. The second-order valence-corrected chi connectivity index (χ2v) is 14.4. The fourth-order valence-corrected chi connectivity index (χ4v) is 7.79. The molecule has 7 nitrogen and oxygen atoms in total. The summed E-state index contributed by atoms with van der Waals surface area (Å²) in [6, 6.07) is 24.1. The summed E-state index contributed by atoms with van der Waals surface area (Å²) in [5, 5.41) is 0.376. The fraction of sp³-hybridized carbons (Fsp3) is 0.194. The number of anilines is 1. The van der Waals surface area contributed by atoms with E-state index in [0.29, 0.717) is 28.1 Å². The number of carbonyl (C=O) groups excluding carboxylic acids is 1. The smallest absolute Gasteiger partial charge is 0.245 e. The average Bonchev–Trinajstić information content (AvgIpc) is 2.97. The Labute approximate surface area is 250 Å². The minimum Gasteiger partial charge on any atom is -0.308 e. The number of sulfone groups is 1. The summed E-state index contributed by atoms with van der Waals surface area (Å²) in [6.45, 7) is 0.144. The van der Waals surface area contributed by atoms with Crippen LogP contribution in [0.2, 0.25) is 5.02 Å². The van der Waals surface area contributed by atoms with Crippen molar-refractivity contribution in [3.8, 4) is 11.1 Å². The van der Waals surface area contributed by atoms with E-state index in [1.807, 2.05) is 6.07 Å². The fourth-order valence-electron chi connectivity index (χ4n) is 5.15. The summed E-state index contributed by atoms with van der Waals surface area (Å²) in [5.41, 5.74) is 1.37. The first-order valence-corrected chi connectivity index (χ1v) is 16.9. The molecule has 1 unspecified atom stereocenters. The molecule has 0 N–H and O–H groups in total. The molecular weight excluding hydrogens is 599 g/mol. The topological polar surface area (TPSA) is 91.8 Å². The number of piperidine rings is 1. The van der Waals surface area contributed by atoms with E-state index in [9.17, 15) is 21.6 Å². The van der Waals surface area contributed by atoms with Crippen molar-refractivity contribution in [1.82, 2.24) is 4.31 Å². The van der Waals surface area contributed by atoms with Crippen molar-refractivity contribution in [1.29, 1.82) is 0 Å². The van der Waals surface area contributed by atoms with Gasteiger partial charge in [-0.05, 0) is 66.4 Å². The van der Waals surface area contributed by atoms with Crippen molar-refractivity contribution in [2.24, 2.45) is 0 Å². The molecule has 0 spiro atoms. The third-order valence-corrected chi connectivity index (χ3v) is 10.5. The van der Waals surface area contributed by atoms with Gasteiger partial charge in [-0.25, -0.2) is 21.2 Å². The highest BCUT2D eigenvalue weighted by Gasteiger charge is 2.41. The van der Waals surface area contributed by atoms with Crippen LogP contribution in [0.25, 0.3) is 11.1 Å². The van der Waals surface area contributed by atoms with Gasteiger partial charge < -0.3 is 4.90 Å². The van der Waals surface area contributed by atoms with Crippen molar-refractivity contribution in [3.63, 3.8) is 0 Å². The number of sulfonamides is 1. The molecule has 0 aliphatic carbocycles. The molecular formula is C31H28ClFN2O5S2. The largest absolute Gasteiger partial charge is 0.308 e. The second-order valence-electron chi connectivity index (χ2n) is 10.1. The predicted molar refractivity (Wildman–Crippen MR) is 161 cm³/mol. The number of benzene rings is 4. The molecule has 4 aromatic rings. The Morgan fingerprint density at radius 2 is 1.57 bits per heavy atom. The van der Waals surface area contributed by atoms with Crippen LogP contribution in [0.15, 0.2) is 107 Å². The second kappa shape index (κ2) is 12.0. The van der Waals surface area contributed by atoms with Crippen LogP contribution in [0.5, 0.6) is 0 Å². The molecule has 218 valence electrons. The first-order valence-electron chi connectivity index (χ1n) is 13.2. The summed E-state index contributed by atoms with van der Waals surface area (Å²) in [4.78, 5) is 15.3. The molecule has 1 aliphatic rings. The Balaban J connectivity index is 1.51. The van der Waals surface area contributed by atoms with Crippen molar-refractivity contribution in [2.75, 3.05) is 17.7 Å². The van der Waals surface area contributed by atoms with E-state index in [1.165, 1.54) is 51.7 Å². The van der Waals surface area contributed by atoms with Crippen molar-refractivity contribution in [2.45, 2.75) is 35.2 Å². The van der Waals surface area contributed by atoms with Gasteiger partial charge in [-0.3, -0.25) is 4.79 Å². The SMILES string of the molecule is CS(=O)(=O)c1ccccc1-c1ccc(N2CCCC(N(Cc3ccccc3)S(=O)(=O)c3ccc(Cl)cc3)C2=O)c(F)c1. The molecule has 1 saturated heterocycles. The summed E-state index contributed by atoms with van der Waals surface area (Å²) in [7, 11) is -7.72. The first kappa shape index (κ1) is 29.9. The number of halogens is 2. The van der Waals surface area contributed by atoms with E-state index >= 15 is 4.39 Å². The van der Waals surface area contributed by atoms with Crippen LogP contribution in [0.4, 0.5) is 10.1 Å². The van der Waals surface area contributed by atoms with Crippen molar-refractivity contribution < 1.29 is 26.0 Å². The van der Waals surface area contributed by atoms with Gasteiger partial charge in [-0.2, -0.15) is 4.31 Å². The lowest BCUT2D eigenvalue weighted by atomic mass is 10.0. The average molecular weight is 627 g/mol. The van der Waals surface area contributed by atoms with Crippen LogP contribution in [0.3, 0.4) is 0 Å². The maximum Gasteiger partial charge on any atom is 0.245 e. The third kappa shape index (κ3) is 6.12. The van der Waals surface area contributed by atoms with E-state index < -0.39 is 37.6 Å². The van der Waals surface area contributed by atoms with E-state index in [1.54, 1.807) is 48.5 Å². The molecule has 11 heteroatoms. The quantitative estimate of drug-likeness (QED) is 0.242. The van der Waals surface area contributed by atoms with Crippen LogP contribution in [0, 0.1) is 5.82 Å². The van der Waals surface area contributed by atoms with Gasteiger partial charge in [0.2, 0.25) is 15.9 Å². The van der Waals surface area contributed by atoms with Crippen LogP contribution in [-0.2, 0) is 31.2 Å². The molecule has 1 aliphatic heterocycles. The number of rotatable bonds is 8. The molecule has 1 heterocycles. The lowest BCUT2D eigenvalue weighted by molar-refractivity contribution is -0.123. The maximum absolute atomic E-state index is 15.6. The van der Waals surface area contributed by atoms with Gasteiger partial charge in [0.05, 0.1) is 15.5 Å². The Morgan fingerprint density at radius 3 is 2.24 bits per heavy atom. The Morgan fingerprint density at radius 1 is 0.905 bits per heavy atom. The summed E-state index contributed by atoms with van der Waals surface area (Å²) >= 11 is 5.99. The zero-order chi connectivity index (χ0) is 30.1. The number of nitrogens with zero attached hydrogens (tertiary/aromatic N) is 2. The molecule has 0 aromatic heterocycles. The minimum absolute atomic E-state index is 0.00570. The molecule has 0 radical (unpaired) electrons. The predicted octanol–water partition coefficient (Wildman–Crippen LogP) is 5.94. The first-order chi connectivity index (χ1) is 20.0. The third-order valence-electron chi connectivity index (χ3n) is 7.20. The van der Waals surface area contributed by atoms with Crippen LogP contribution >= 0.6 is 11.6 Å². The van der Waals surface area contributed by atoms with E-state index in [-0.39, 0.29) is 35.0 Å². The highest BCUT2D eigenvalue weighted by Crippen LogP contribution is 2.34. The molecule has 0 saturated carbocycles.